The molecule has 1 aliphatic rings. The predicted molar refractivity (Wildman–Crippen MR) is 105 cm³/mol. The van der Waals surface area contributed by atoms with Crippen LogP contribution in [0.1, 0.15) is 24.4 Å². The molecule has 2 aromatic rings. The molecule has 148 valence electrons. The number of nitro groups is 1. The Bertz CT molecular complexity index is 924. The molecule has 8 nitrogen and oxygen atoms in total. The zero-order valence-corrected chi connectivity index (χ0v) is 16.0. The fourth-order valence-corrected chi connectivity index (χ4v) is 3.60. The van der Waals surface area contributed by atoms with Crippen LogP contribution in [-0.4, -0.2) is 39.9 Å². The number of pyridine rings is 1. The molecule has 1 N–H and O–H groups in total. The Balaban J connectivity index is 1.69. The number of amides is 1. The predicted octanol–water partition coefficient (Wildman–Crippen LogP) is 2.36. The molecule has 9 heteroatoms. The Morgan fingerprint density at radius 2 is 2.00 bits per heavy atom. The van der Waals surface area contributed by atoms with Crippen LogP contribution in [0.5, 0.6) is 0 Å². The van der Waals surface area contributed by atoms with Gasteiger partial charge in [0.15, 0.2) is 0 Å². The first-order valence-electron chi connectivity index (χ1n) is 9.05. The van der Waals surface area contributed by atoms with Crippen LogP contribution in [-0.2, 0) is 11.3 Å². The molecule has 28 heavy (non-hydrogen) atoms. The van der Waals surface area contributed by atoms with E-state index in [1.807, 2.05) is 18.2 Å². The number of carbonyl (C=O) groups excluding carboxylic acids is 1. The number of likely N-dealkylation sites (tertiary alicyclic amines) is 1. The summed E-state index contributed by atoms with van der Waals surface area (Å²) >= 11 is 6.12. The third-order valence-corrected chi connectivity index (χ3v) is 5.04. The third-order valence-electron chi connectivity index (χ3n) is 4.80. The monoisotopic (exact) mass is 404 g/mol. The number of nitrogens with zero attached hydrogens (tertiary/aromatic N) is 3. The van der Waals surface area contributed by atoms with Crippen molar-refractivity contribution in [1.82, 2.24) is 14.8 Å². The van der Waals surface area contributed by atoms with Crippen LogP contribution in [0.3, 0.4) is 0 Å². The first kappa shape index (κ1) is 20.0. The average Bonchev–Trinajstić information content (AvgIpc) is 3.18. The Morgan fingerprint density at radius 3 is 2.68 bits per heavy atom. The Labute approximate surface area is 166 Å². The van der Waals surface area contributed by atoms with E-state index in [-0.39, 0.29) is 24.2 Å². The van der Waals surface area contributed by atoms with Crippen LogP contribution in [0.25, 0.3) is 0 Å². The van der Waals surface area contributed by atoms with E-state index in [1.54, 1.807) is 6.07 Å². The maximum absolute atomic E-state index is 12.4. The molecule has 1 fully saturated rings. The molecule has 0 aliphatic carbocycles. The molecule has 1 amide bonds. The molecule has 0 saturated carbocycles. The Hall–Kier alpha value is -2.71. The second-order valence-electron chi connectivity index (χ2n) is 6.73. The molecule has 0 spiro atoms. The zero-order valence-electron chi connectivity index (χ0n) is 15.2. The second kappa shape index (κ2) is 8.99. The number of hydrogen-bond acceptors (Lipinski definition) is 5. The highest BCUT2D eigenvalue weighted by Crippen LogP contribution is 2.26. The van der Waals surface area contributed by atoms with Gasteiger partial charge in [0.2, 0.25) is 5.91 Å². The van der Waals surface area contributed by atoms with Gasteiger partial charge in [-0.2, -0.15) is 0 Å². The van der Waals surface area contributed by atoms with Gasteiger partial charge in [-0.05, 0) is 43.6 Å². The summed E-state index contributed by atoms with van der Waals surface area (Å²) in [6, 6.07) is 9.74. The summed E-state index contributed by atoms with van der Waals surface area (Å²) in [6.45, 7) is 1.97. The summed E-state index contributed by atoms with van der Waals surface area (Å²) in [6.07, 6.45) is 3.29. The van der Waals surface area contributed by atoms with E-state index in [0.717, 1.165) is 54.4 Å². The number of halogens is 1. The first-order chi connectivity index (χ1) is 13.4. The van der Waals surface area contributed by atoms with Crippen molar-refractivity contribution in [2.75, 3.05) is 19.6 Å². The van der Waals surface area contributed by atoms with Crippen LogP contribution >= 0.6 is 11.6 Å². The van der Waals surface area contributed by atoms with Gasteiger partial charge in [0.05, 0.1) is 17.2 Å². The normalized spacial score (nSPS) is 15.3. The van der Waals surface area contributed by atoms with Crippen molar-refractivity contribution in [2.45, 2.75) is 25.4 Å². The van der Waals surface area contributed by atoms with Crippen LogP contribution in [0.15, 0.2) is 47.4 Å². The molecule has 0 bridgehead atoms. The highest BCUT2D eigenvalue weighted by molar-refractivity contribution is 6.30. The zero-order chi connectivity index (χ0) is 20.1. The molecule has 3 rings (SSSR count). The molecular formula is C19H21ClN4O4. The minimum atomic E-state index is -0.601. The SMILES string of the molecule is O=C(Cn1cc([N+](=O)[O-])ccc1=O)NCC(c1cccc(Cl)c1)N1CCCC1. The number of nitrogens with one attached hydrogen (secondary N) is 1. The molecule has 1 atom stereocenters. The minimum Gasteiger partial charge on any atom is -0.353 e. The van der Waals surface area contributed by atoms with Gasteiger partial charge in [-0.1, -0.05) is 23.7 Å². The van der Waals surface area contributed by atoms with Gasteiger partial charge in [0.25, 0.3) is 11.2 Å². The van der Waals surface area contributed by atoms with Crippen molar-refractivity contribution in [3.05, 3.63) is 73.6 Å². The summed E-state index contributed by atoms with van der Waals surface area (Å²) in [5.74, 6) is -0.381. The third kappa shape index (κ3) is 4.96. The fourth-order valence-electron chi connectivity index (χ4n) is 3.40. The first-order valence-corrected chi connectivity index (χ1v) is 9.43. The lowest BCUT2D eigenvalue weighted by atomic mass is 10.1. The lowest BCUT2D eigenvalue weighted by molar-refractivity contribution is -0.385. The van der Waals surface area contributed by atoms with E-state index in [2.05, 4.69) is 10.2 Å². The molecule has 1 aromatic carbocycles. The summed E-state index contributed by atoms with van der Waals surface area (Å²) in [4.78, 5) is 36.8. The van der Waals surface area contributed by atoms with Gasteiger partial charge in [-0.25, -0.2) is 0 Å². The lowest BCUT2D eigenvalue weighted by Crippen LogP contribution is -2.39. The largest absolute Gasteiger partial charge is 0.353 e. The molecule has 1 aliphatic heterocycles. The average molecular weight is 405 g/mol. The summed E-state index contributed by atoms with van der Waals surface area (Å²) in [5.41, 5.74) is 0.315. The van der Waals surface area contributed by atoms with Crippen LogP contribution in [0.4, 0.5) is 5.69 Å². The van der Waals surface area contributed by atoms with Crippen molar-refractivity contribution >= 4 is 23.2 Å². The number of carbonyl (C=O) groups is 1. The Kier molecular flexibility index (Phi) is 6.43. The maximum atomic E-state index is 12.4. The quantitative estimate of drug-likeness (QED) is 0.564. The smallest absolute Gasteiger partial charge is 0.285 e. The minimum absolute atomic E-state index is 0.0213. The van der Waals surface area contributed by atoms with Gasteiger partial charge >= 0.3 is 0 Å². The molecule has 0 radical (unpaired) electrons. The van der Waals surface area contributed by atoms with Gasteiger partial charge < -0.3 is 5.32 Å². The van der Waals surface area contributed by atoms with E-state index < -0.39 is 10.5 Å². The van der Waals surface area contributed by atoms with Crippen molar-refractivity contribution in [2.24, 2.45) is 0 Å². The Morgan fingerprint density at radius 1 is 1.25 bits per heavy atom. The van der Waals surface area contributed by atoms with E-state index in [4.69, 9.17) is 11.6 Å². The van der Waals surface area contributed by atoms with Crippen molar-refractivity contribution in [3.63, 3.8) is 0 Å². The number of aromatic nitrogens is 1. The molecule has 1 saturated heterocycles. The summed E-state index contributed by atoms with van der Waals surface area (Å²) in [5, 5.41) is 14.4. The molecule has 1 unspecified atom stereocenters. The second-order valence-corrected chi connectivity index (χ2v) is 7.16. The van der Waals surface area contributed by atoms with Crippen molar-refractivity contribution in [3.8, 4) is 0 Å². The van der Waals surface area contributed by atoms with Crippen LogP contribution in [0.2, 0.25) is 5.02 Å². The highest BCUT2D eigenvalue weighted by Gasteiger charge is 2.24. The number of hydrogen-bond donors (Lipinski definition) is 1. The highest BCUT2D eigenvalue weighted by atomic mass is 35.5. The topological polar surface area (TPSA) is 97.5 Å². The number of rotatable bonds is 7. The summed E-state index contributed by atoms with van der Waals surface area (Å²) < 4.78 is 1.04. The van der Waals surface area contributed by atoms with E-state index >= 15 is 0 Å². The molecule has 1 aromatic heterocycles. The standard InChI is InChI=1S/C19H21ClN4O4/c20-15-5-3-4-14(10-15)17(22-8-1-2-9-22)11-21-18(25)13-23-12-16(24(27)28)6-7-19(23)26/h3-7,10,12,17H,1-2,8-9,11,13H2,(H,21,25). The molecule has 2 heterocycles. The van der Waals surface area contributed by atoms with Gasteiger partial charge in [0.1, 0.15) is 6.54 Å². The maximum Gasteiger partial charge on any atom is 0.285 e. The summed E-state index contributed by atoms with van der Waals surface area (Å²) in [7, 11) is 0. The van der Waals surface area contributed by atoms with Gasteiger partial charge in [-0.3, -0.25) is 29.2 Å². The molecular weight excluding hydrogens is 384 g/mol. The lowest BCUT2D eigenvalue weighted by Gasteiger charge is -2.28. The van der Waals surface area contributed by atoms with E-state index in [9.17, 15) is 19.7 Å². The van der Waals surface area contributed by atoms with E-state index in [1.165, 1.54) is 0 Å². The van der Waals surface area contributed by atoms with Crippen LogP contribution < -0.4 is 10.9 Å². The van der Waals surface area contributed by atoms with E-state index in [0.29, 0.717) is 11.6 Å². The van der Waals surface area contributed by atoms with Gasteiger partial charge in [-0.15, -0.1) is 0 Å². The van der Waals surface area contributed by atoms with Crippen LogP contribution in [0, 0.1) is 10.1 Å². The number of benzene rings is 1. The fraction of sp³-hybridized carbons (Fsp3) is 0.368. The van der Waals surface area contributed by atoms with Crippen molar-refractivity contribution in [1.29, 1.82) is 0 Å². The van der Waals surface area contributed by atoms with Crippen molar-refractivity contribution < 1.29 is 9.72 Å². The van der Waals surface area contributed by atoms with Gasteiger partial charge in [0, 0.05) is 23.7 Å².